The van der Waals surface area contributed by atoms with Crippen LogP contribution in [0.2, 0.25) is 0 Å². The van der Waals surface area contributed by atoms with E-state index in [0.29, 0.717) is 0 Å². The minimum atomic E-state index is -4.01. The van der Waals surface area contributed by atoms with Gasteiger partial charge in [0.25, 0.3) is 0 Å². The third-order valence-electron chi connectivity index (χ3n) is 1.73. The molecule has 1 amide bonds. The van der Waals surface area contributed by atoms with Gasteiger partial charge in [0.15, 0.2) is 0 Å². The molecule has 0 aliphatic rings. The Morgan fingerprint density at radius 2 is 2.00 bits per heavy atom. The average Bonchev–Trinajstić information content (AvgIpc) is 2.28. The van der Waals surface area contributed by atoms with E-state index in [2.05, 4.69) is 11.3 Å². The van der Waals surface area contributed by atoms with Gasteiger partial charge in [-0.3, -0.25) is 4.79 Å². The van der Waals surface area contributed by atoms with E-state index >= 15 is 0 Å². The third kappa shape index (κ3) is 3.82. The molecule has 0 saturated heterocycles. The summed E-state index contributed by atoms with van der Waals surface area (Å²) in [7, 11) is 0. The fourth-order valence-electron chi connectivity index (χ4n) is 0.965. The molecule has 0 unspecified atom stereocenters. The number of amides is 1. The number of alkyl halides is 2. The second kappa shape index (κ2) is 5.38. The van der Waals surface area contributed by atoms with Crippen molar-refractivity contribution in [3.8, 4) is 5.75 Å². The number of nitrogens with one attached hydrogen (secondary N) is 1. The van der Waals surface area contributed by atoms with Crippen LogP contribution in [0.5, 0.6) is 5.75 Å². The quantitative estimate of drug-likeness (QED) is 0.807. The molecule has 1 aromatic carbocycles. The zero-order valence-corrected chi connectivity index (χ0v) is 8.75. The van der Waals surface area contributed by atoms with Crippen LogP contribution in [0.25, 0.3) is 0 Å². The van der Waals surface area contributed by atoms with E-state index in [0.717, 1.165) is 24.3 Å². The summed E-state index contributed by atoms with van der Waals surface area (Å²) in [6.07, 6.45) is -2.76. The van der Waals surface area contributed by atoms with Crippen molar-refractivity contribution in [3.63, 3.8) is 0 Å². The molecular weight excluding hydrogens is 235 g/mol. The molecule has 1 rings (SSSR count). The minimum absolute atomic E-state index is 0.0960. The van der Waals surface area contributed by atoms with Crippen molar-refractivity contribution in [2.45, 2.75) is 6.11 Å². The summed E-state index contributed by atoms with van der Waals surface area (Å²) >= 11 is 0. The van der Waals surface area contributed by atoms with Gasteiger partial charge in [0.05, 0.1) is 0 Å². The Labute approximate surface area is 95.9 Å². The van der Waals surface area contributed by atoms with Crippen molar-refractivity contribution >= 4 is 5.91 Å². The van der Waals surface area contributed by atoms with Gasteiger partial charge < -0.3 is 10.1 Å². The predicted octanol–water partition coefficient (Wildman–Crippen LogP) is 2.10. The van der Waals surface area contributed by atoms with E-state index in [1.807, 2.05) is 5.32 Å². The van der Waals surface area contributed by atoms with E-state index in [1.165, 1.54) is 6.08 Å². The number of rotatable bonds is 5. The van der Waals surface area contributed by atoms with Crippen LogP contribution >= 0.6 is 0 Å². The number of halogens is 3. The lowest BCUT2D eigenvalue weighted by atomic mass is 10.3. The van der Waals surface area contributed by atoms with E-state index in [4.69, 9.17) is 0 Å². The van der Waals surface area contributed by atoms with Gasteiger partial charge in [-0.2, -0.15) is 8.78 Å². The molecule has 3 nitrogen and oxygen atoms in total. The van der Waals surface area contributed by atoms with E-state index in [9.17, 15) is 18.0 Å². The summed E-state index contributed by atoms with van der Waals surface area (Å²) < 4.78 is 43.0. The highest BCUT2D eigenvalue weighted by molar-refractivity contribution is 5.82. The smallest absolute Gasteiger partial charge is 0.425 e. The van der Waals surface area contributed by atoms with Crippen LogP contribution in [-0.4, -0.2) is 18.6 Å². The SMILES string of the molecule is C=CCNC(=O)C(F)(F)Oc1ccc(F)cc1. The Morgan fingerprint density at radius 1 is 1.41 bits per heavy atom. The largest absolute Gasteiger partial charge is 0.482 e. The molecule has 0 heterocycles. The van der Waals surface area contributed by atoms with Gasteiger partial charge >= 0.3 is 12.0 Å². The topological polar surface area (TPSA) is 38.3 Å². The van der Waals surface area contributed by atoms with Gasteiger partial charge in [0.2, 0.25) is 0 Å². The average molecular weight is 245 g/mol. The monoisotopic (exact) mass is 245 g/mol. The van der Waals surface area contributed by atoms with Crippen LogP contribution < -0.4 is 10.1 Å². The first-order valence-corrected chi connectivity index (χ1v) is 4.67. The molecule has 1 aromatic rings. The van der Waals surface area contributed by atoms with Crippen LogP contribution in [0, 0.1) is 5.82 Å². The Balaban J connectivity index is 2.68. The molecule has 0 atom stereocenters. The Hall–Kier alpha value is -1.98. The first kappa shape index (κ1) is 13.1. The molecule has 0 aliphatic heterocycles. The second-order valence-corrected chi connectivity index (χ2v) is 3.07. The summed E-state index contributed by atoms with van der Waals surface area (Å²) in [4.78, 5) is 11.0. The third-order valence-corrected chi connectivity index (χ3v) is 1.73. The molecule has 0 radical (unpaired) electrons. The molecule has 0 saturated carbocycles. The van der Waals surface area contributed by atoms with Gasteiger partial charge in [-0.1, -0.05) is 6.08 Å². The zero-order valence-electron chi connectivity index (χ0n) is 8.75. The predicted molar refractivity (Wildman–Crippen MR) is 55.2 cm³/mol. The number of carbonyl (C=O) groups is 1. The van der Waals surface area contributed by atoms with Gasteiger partial charge in [-0.25, -0.2) is 4.39 Å². The number of carbonyl (C=O) groups excluding carboxylic acids is 1. The van der Waals surface area contributed by atoms with Crippen molar-refractivity contribution in [1.82, 2.24) is 5.32 Å². The fourth-order valence-corrected chi connectivity index (χ4v) is 0.965. The maximum Gasteiger partial charge on any atom is 0.482 e. The highest BCUT2D eigenvalue weighted by Gasteiger charge is 2.41. The first-order chi connectivity index (χ1) is 7.95. The van der Waals surface area contributed by atoms with Crippen LogP contribution in [0.3, 0.4) is 0 Å². The summed E-state index contributed by atoms with van der Waals surface area (Å²) in [5.74, 6) is -2.47. The van der Waals surface area contributed by atoms with Gasteiger partial charge in [0.1, 0.15) is 11.6 Å². The number of hydrogen-bond acceptors (Lipinski definition) is 2. The van der Waals surface area contributed by atoms with Crippen molar-refractivity contribution in [3.05, 3.63) is 42.7 Å². The number of ether oxygens (including phenoxy) is 1. The fraction of sp³-hybridized carbons (Fsp3) is 0.182. The van der Waals surface area contributed by atoms with Crippen molar-refractivity contribution in [2.24, 2.45) is 0 Å². The molecule has 0 fully saturated rings. The van der Waals surface area contributed by atoms with Gasteiger partial charge in [-0.15, -0.1) is 6.58 Å². The molecule has 92 valence electrons. The van der Waals surface area contributed by atoms with E-state index in [-0.39, 0.29) is 12.3 Å². The number of benzene rings is 1. The van der Waals surface area contributed by atoms with Gasteiger partial charge in [-0.05, 0) is 24.3 Å². The molecule has 6 heteroatoms. The van der Waals surface area contributed by atoms with Crippen molar-refractivity contribution < 1.29 is 22.7 Å². The summed E-state index contributed by atoms with van der Waals surface area (Å²) in [6, 6.07) is 3.91. The Kier molecular flexibility index (Phi) is 4.14. The molecule has 0 spiro atoms. The standard InChI is InChI=1S/C11H10F3NO2/c1-2-7-15-10(16)11(13,14)17-9-5-3-8(12)4-6-9/h2-6H,1,7H2,(H,15,16). The second-order valence-electron chi connectivity index (χ2n) is 3.07. The van der Waals surface area contributed by atoms with E-state index in [1.54, 1.807) is 0 Å². The van der Waals surface area contributed by atoms with Crippen LogP contribution in [0.15, 0.2) is 36.9 Å². The normalized spacial score (nSPS) is 10.8. The highest BCUT2D eigenvalue weighted by atomic mass is 19.3. The Morgan fingerprint density at radius 3 is 2.53 bits per heavy atom. The summed E-state index contributed by atoms with van der Waals surface area (Å²) in [5.41, 5.74) is 0. The maximum atomic E-state index is 13.2. The Bertz CT molecular complexity index is 404. The lowest BCUT2D eigenvalue weighted by molar-refractivity contribution is -0.192. The van der Waals surface area contributed by atoms with Crippen molar-refractivity contribution in [1.29, 1.82) is 0 Å². The van der Waals surface area contributed by atoms with E-state index < -0.39 is 17.8 Å². The zero-order chi connectivity index (χ0) is 12.9. The van der Waals surface area contributed by atoms with Crippen LogP contribution in [-0.2, 0) is 4.79 Å². The van der Waals surface area contributed by atoms with Gasteiger partial charge in [0, 0.05) is 6.54 Å². The summed E-state index contributed by atoms with van der Waals surface area (Å²) in [6.45, 7) is 3.17. The molecule has 0 bridgehead atoms. The molecular formula is C11H10F3NO2. The minimum Gasteiger partial charge on any atom is -0.425 e. The molecule has 0 aromatic heterocycles. The van der Waals surface area contributed by atoms with Crippen molar-refractivity contribution in [2.75, 3.05) is 6.54 Å². The summed E-state index contributed by atoms with van der Waals surface area (Å²) in [5, 5.41) is 1.90. The van der Waals surface area contributed by atoms with Crippen LogP contribution in [0.1, 0.15) is 0 Å². The molecule has 0 aliphatic carbocycles. The lowest BCUT2D eigenvalue weighted by Crippen LogP contribution is -2.44. The molecule has 17 heavy (non-hydrogen) atoms. The number of hydrogen-bond donors (Lipinski definition) is 1. The first-order valence-electron chi connectivity index (χ1n) is 4.67. The molecule has 1 N–H and O–H groups in total. The lowest BCUT2D eigenvalue weighted by Gasteiger charge is -2.16. The van der Waals surface area contributed by atoms with Crippen LogP contribution in [0.4, 0.5) is 13.2 Å². The maximum absolute atomic E-state index is 13.2. The highest BCUT2D eigenvalue weighted by Crippen LogP contribution is 2.21.